The van der Waals surface area contributed by atoms with Gasteiger partial charge in [0.2, 0.25) is 5.78 Å². The lowest BCUT2D eigenvalue weighted by Gasteiger charge is -2.18. The number of allylic oxidation sites excluding steroid dienone is 3. The number of Topliss-reactive ketones (excluding diaryl/α,β-unsaturated/α-hetero) is 2. The van der Waals surface area contributed by atoms with Gasteiger partial charge in [0.1, 0.15) is 11.5 Å². The van der Waals surface area contributed by atoms with Crippen LogP contribution in [0.4, 0.5) is 5.69 Å². The summed E-state index contributed by atoms with van der Waals surface area (Å²) in [5.41, 5.74) is 1.38. The van der Waals surface area contributed by atoms with Crippen LogP contribution in [-0.2, 0) is 9.59 Å². The standard InChI is InChI=1S/C16H15NO3/c1-9-10(2)16(20)14(13(11(3)18)15(9)19)17-12-7-5-4-6-8-12/h4-8,19H,1-3H3. The Hall–Kier alpha value is -2.49. The van der Waals surface area contributed by atoms with Crippen LogP contribution >= 0.6 is 0 Å². The predicted molar refractivity (Wildman–Crippen MR) is 77.3 cm³/mol. The van der Waals surface area contributed by atoms with E-state index in [9.17, 15) is 14.7 Å². The van der Waals surface area contributed by atoms with Crippen molar-refractivity contribution in [3.8, 4) is 0 Å². The molecule has 0 amide bonds. The normalized spacial score (nSPS) is 17.9. The van der Waals surface area contributed by atoms with E-state index in [4.69, 9.17) is 0 Å². The molecule has 0 saturated carbocycles. The summed E-state index contributed by atoms with van der Waals surface area (Å²) in [5.74, 6) is -0.865. The van der Waals surface area contributed by atoms with Gasteiger partial charge >= 0.3 is 0 Å². The van der Waals surface area contributed by atoms with E-state index in [2.05, 4.69) is 4.99 Å². The molecule has 0 atom stereocenters. The quantitative estimate of drug-likeness (QED) is 0.839. The van der Waals surface area contributed by atoms with Crippen LogP contribution < -0.4 is 0 Å². The fourth-order valence-electron chi connectivity index (χ4n) is 2.01. The minimum Gasteiger partial charge on any atom is -0.507 e. The largest absolute Gasteiger partial charge is 0.507 e. The molecule has 102 valence electrons. The van der Waals surface area contributed by atoms with E-state index in [1.165, 1.54) is 6.92 Å². The topological polar surface area (TPSA) is 66.7 Å². The van der Waals surface area contributed by atoms with Crippen molar-refractivity contribution in [3.63, 3.8) is 0 Å². The molecule has 1 N–H and O–H groups in total. The van der Waals surface area contributed by atoms with Crippen LogP contribution in [0.25, 0.3) is 0 Å². The third kappa shape index (κ3) is 2.32. The highest BCUT2D eigenvalue weighted by molar-refractivity contribution is 6.57. The Balaban J connectivity index is 2.66. The molecule has 0 spiro atoms. The Labute approximate surface area is 117 Å². The Kier molecular flexibility index (Phi) is 3.66. The smallest absolute Gasteiger partial charge is 0.208 e. The van der Waals surface area contributed by atoms with E-state index in [-0.39, 0.29) is 28.6 Å². The molecule has 20 heavy (non-hydrogen) atoms. The molecule has 2 rings (SSSR count). The molecule has 0 saturated heterocycles. The average molecular weight is 269 g/mol. The average Bonchev–Trinajstić information content (AvgIpc) is 2.43. The number of ketones is 2. The van der Waals surface area contributed by atoms with Gasteiger partial charge in [0, 0.05) is 5.57 Å². The van der Waals surface area contributed by atoms with Crippen molar-refractivity contribution in [3.05, 3.63) is 52.8 Å². The highest BCUT2D eigenvalue weighted by atomic mass is 16.3. The van der Waals surface area contributed by atoms with Crippen molar-refractivity contribution < 1.29 is 14.7 Å². The maximum Gasteiger partial charge on any atom is 0.208 e. The van der Waals surface area contributed by atoms with Gasteiger partial charge in [-0.2, -0.15) is 0 Å². The van der Waals surface area contributed by atoms with E-state index < -0.39 is 0 Å². The van der Waals surface area contributed by atoms with E-state index in [1.807, 2.05) is 6.07 Å². The van der Waals surface area contributed by atoms with E-state index >= 15 is 0 Å². The summed E-state index contributed by atoms with van der Waals surface area (Å²) in [7, 11) is 0. The fraction of sp³-hybridized carbons (Fsp3) is 0.188. The SMILES string of the molecule is CC(=O)C1=C(O)C(C)=C(C)C(=O)C1=Nc1ccccc1. The van der Waals surface area contributed by atoms with Crippen LogP contribution in [0.15, 0.2) is 57.8 Å². The minimum absolute atomic E-state index is 0.00398. The van der Waals surface area contributed by atoms with Crippen molar-refractivity contribution in [1.82, 2.24) is 0 Å². The van der Waals surface area contributed by atoms with Gasteiger partial charge in [-0.25, -0.2) is 4.99 Å². The monoisotopic (exact) mass is 269 g/mol. The fourth-order valence-corrected chi connectivity index (χ4v) is 2.01. The third-order valence-electron chi connectivity index (χ3n) is 3.30. The number of rotatable bonds is 2. The summed E-state index contributed by atoms with van der Waals surface area (Å²) < 4.78 is 0. The van der Waals surface area contributed by atoms with E-state index in [0.29, 0.717) is 16.8 Å². The number of para-hydroxylation sites is 1. The van der Waals surface area contributed by atoms with Crippen LogP contribution in [-0.4, -0.2) is 22.4 Å². The van der Waals surface area contributed by atoms with Crippen LogP contribution in [0.5, 0.6) is 0 Å². The number of aliphatic imine (C=N–C) groups is 1. The molecular formula is C16H15NO3. The summed E-state index contributed by atoms with van der Waals surface area (Å²) in [5, 5.41) is 10.1. The van der Waals surface area contributed by atoms with Gasteiger partial charge in [0.15, 0.2) is 5.78 Å². The van der Waals surface area contributed by atoms with Gasteiger partial charge in [-0.1, -0.05) is 18.2 Å². The van der Waals surface area contributed by atoms with Crippen molar-refractivity contribution in [2.24, 2.45) is 4.99 Å². The maximum absolute atomic E-state index is 12.3. The summed E-state index contributed by atoms with van der Waals surface area (Å²) in [6, 6.07) is 8.88. The second-order valence-electron chi connectivity index (χ2n) is 4.65. The highest BCUT2D eigenvalue weighted by Crippen LogP contribution is 2.27. The first-order chi connectivity index (χ1) is 9.43. The first-order valence-corrected chi connectivity index (χ1v) is 6.24. The van der Waals surface area contributed by atoms with Crippen LogP contribution in [0.1, 0.15) is 20.8 Å². The molecule has 0 heterocycles. The lowest BCUT2D eigenvalue weighted by Crippen LogP contribution is -2.28. The van der Waals surface area contributed by atoms with Crippen LogP contribution in [0.3, 0.4) is 0 Å². The Morgan fingerprint density at radius 1 is 1.10 bits per heavy atom. The molecule has 0 fully saturated rings. The first-order valence-electron chi connectivity index (χ1n) is 6.24. The molecule has 0 aromatic heterocycles. The molecular weight excluding hydrogens is 254 g/mol. The lowest BCUT2D eigenvalue weighted by atomic mass is 9.87. The molecule has 0 bridgehead atoms. The second-order valence-corrected chi connectivity index (χ2v) is 4.65. The van der Waals surface area contributed by atoms with Gasteiger partial charge in [-0.15, -0.1) is 0 Å². The zero-order valence-electron chi connectivity index (χ0n) is 11.6. The number of aliphatic hydroxyl groups excluding tert-OH is 1. The summed E-state index contributed by atoms with van der Waals surface area (Å²) in [6.45, 7) is 4.55. The van der Waals surface area contributed by atoms with Gasteiger partial charge in [-0.05, 0) is 38.5 Å². The second kappa shape index (κ2) is 5.25. The number of benzene rings is 1. The molecule has 0 unspecified atom stereocenters. The predicted octanol–water partition coefficient (Wildman–Crippen LogP) is 3.08. The van der Waals surface area contributed by atoms with E-state index in [1.54, 1.807) is 38.1 Å². The molecule has 4 nitrogen and oxygen atoms in total. The Morgan fingerprint density at radius 2 is 1.70 bits per heavy atom. The molecule has 1 aromatic rings. The number of carbonyl (C=O) groups is 2. The van der Waals surface area contributed by atoms with Gasteiger partial charge in [0.05, 0.1) is 11.3 Å². The van der Waals surface area contributed by atoms with E-state index in [0.717, 1.165) is 0 Å². The number of aliphatic hydroxyl groups is 1. The summed E-state index contributed by atoms with van der Waals surface area (Å²) in [4.78, 5) is 28.3. The zero-order valence-corrected chi connectivity index (χ0v) is 11.6. The number of hydrogen-bond acceptors (Lipinski definition) is 4. The number of nitrogens with zero attached hydrogens (tertiary/aromatic N) is 1. The maximum atomic E-state index is 12.3. The Bertz CT molecular complexity index is 679. The van der Waals surface area contributed by atoms with Crippen LogP contribution in [0, 0.1) is 0 Å². The third-order valence-corrected chi connectivity index (χ3v) is 3.30. The molecule has 0 radical (unpaired) electrons. The number of carbonyl (C=O) groups excluding carboxylic acids is 2. The van der Waals surface area contributed by atoms with Gasteiger partial charge in [0.25, 0.3) is 0 Å². The highest BCUT2D eigenvalue weighted by Gasteiger charge is 2.31. The van der Waals surface area contributed by atoms with Crippen molar-refractivity contribution >= 4 is 23.0 Å². The van der Waals surface area contributed by atoms with Crippen LogP contribution in [0.2, 0.25) is 0 Å². The molecule has 0 aliphatic heterocycles. The van der Waals surface area contributed by atoms with Crippen molar-refractivity contribution in [2.45, 2.75) is 20.8 Å². The first kappa shape index (κ1) is 13.9. The van der Waals surface area contributed by atoms with Crippen molar-refractivity contribution in [2.75, 3.05) is 0 Å². The van der Waals surface area contributed by atoms with Gasteiger partial charge in [-0.3, -0.25) is 9.59 Å². The minimum atomic E-state index is -0.377. The summed E-state index contributed by atoms with van der Waals surface area (Å²) in [6.07, 6.45) is 0. The molecule has 1 aromatic carbocycles. The zero-order chi connectivity index (χ0) is 14.9. The van der Waals surface area contributed by atoms with Crippen molar-refractivity contribution in [1.29, 1.82) is 0 Å². The Morgan fingerprint density at radius 3 is 2.25 bits per heavy atom. The summed E-state index contributed by atoms with van der Waals surface area (Å²) >= 11 is 0. The molecule has 1 aliphatic carbocycles. The lowest BCUT2D eigenvalue weighted by molar-refractivity contribution is -0.114. The molecule has 1 aliphatic rings. The molecule has 4 heteroatoms. The van der Waals surface area contributed by atoms with Gasteiger partial charge < -0.3 is 5.11 Å². The number of hydrogen-bond donors (Lipinski definition) is 1.